The van der Waals surface area contributed by atoms with Crippen LogP contribution in [0.1, 0.15) is 28.2 Å². The number of hydrogen-bond donors (Lipinski definition) is 0. The molecule has 0 radical (unpaired) electrons. The lowest BCUT2D eigenvalue weighted by molar-refractivity contribution is 0.107. The molecule has 76 valence electrons. The highest BCUT2D eigenvalue weighted by atomic mass is 79.9. The Bertz CT molecular complexity index is 384. The smallest absolute Gasteiger partial charge is 0.271 e. The van der Waals surface area contributed by atoms with Gasteiger partial charge in [-0.1, -0.05) is 0 Å². The van der Waals surface area contributed by atoms with E-state index in [0.717, 1.165) is 6.07 Å². The molecule has 0 N–H and O–H groups in total. The van der Waals surface area contributed by atoms with E-state index in [1.54, 1.807) is 0 Å². The van der Waals surface area contributed by atoms with Gasteiger partial charge in [-0.2, -0.15) is 0 Å². The summed E-state index contributed by atoms with van der Waals surface area (Å²) in [5.74, 6) is 0. The molecule has 1 heterocycles. The molecule has 0 bridgehead atoms. The van der Waals surface area contributed by atoms with Gasteiger partial charge in [-0.05, 0) is 40.5 Å². The first-order valence-electron chi connectivity index (χ1n) is 3.58. The van der Waals surface area contributed by atoms with Crippen LogP contribution in [-0.4, -0.2) is 10.2 Å². The number of nitrogens with zero attached hydrogens (tertiary/aromatic N) is 1. The Kier molecular flexibility index (Phi) is 3.55. The van der Waals surface area contributed by atoms with Gasteiger partial charge in [0.25, 0.3) is 11.7 Å². The van der Waals surface area contributed by atoms with Crippen LogP contribution in [-0.2, 0) is 0 Å². The molecule has 14 heavy (non-hydrogen) atoms. The van der Waals surface area contributed by atoms with Crippen LogP contribution in [0.5, 0.6) is 0 Å². The number of aryl methyl sites for hydroxylation is 1. The van der Waals surface area contributed by atoms with Crippen LogP contribution < -0.4 is 0 Å². The summed E-state index contributed by atoms with van der Waals surface area (Å²) in [6, 6.07) is 1.16. The van der Waals surface area contributed by atoms with Crippen molar-refractivity contribution in [1.82, 2.24) is 4.98 Å². The van der Waals surface area contributed by atoms with E-state index in [1.165, 1.54) is 6.92 Å². The fourth-order valence-electron chi connectivity index (χ4n) is 0.954. The van der Waals surface area contributed by atoms with Crippen LogP contribution >= 0.6 is 27.5 Å². The first kappa shape index (κ1) is 11.5. The Morgan fingerprint density at radius 1 is 1.64 bits per heavy atom. The Balaban J connectivity index is 3.31. The van der Waals surface area contributed by atoms with Gasteiger partial charge in [-0.3, -0.25) is 4.79 Å². The molecule has 0 amide bonds. The van der Waals surface area contributed by atoms with Gasteiger partial charge in [0.1, 0.15) is 5.69 Å². The molecular weight excluding hydrogens is 279 g/mol. The Labute approximate surface area is 92.4 Å². The van der Waals surface area contributed by atoms with E-state index in [0.29, 0.717) is 0 Å². The molecule has 0 aliphatic heterocycles. The highest BCUT2D eigenvalue weighted by Gasteiger charge is 2.17. The van der Waals surface area contributed by atoms with Crippen LogP contribution in [0, 0.1) is 6.92 Å². The summed E-state index contributed by atoms with van der Waals surface area (Å²) in [6.45, 7) is 1.40. The fraction of sp³-hybridized carbons (Fsp3) is 0.250. The third-order valence-corrected chi connectivity index (χ3v) is 2.41. The Morgan fingerprint density at radius 2 is 2.21 bits per heavy atom. The number of alkyl halides is 2. The summed E-state index contributed by atoms with van der Waals surface area (Å²) in [7, 11) is 0. The van der Waals surface area contributed by atoms with Gasteiger partial charge in [0.05, 0.1) is 0 Å². The Hall–Kier alpha value is -0.550. The van der Waals surface area contributed by atoms with Gasteiger partial charge >= 0.3 is 0 Å². The number of halogens is 4. The van der Waals surface area contributed by atoms with E-state index in [9.17, 15) is 13.6 Å². The summed E-state index contributed by atoms with van der Waals surface area (Å²) < 4.78 is 24.9. The van der Waals surface area contributed by atoms with E-state index in [4.69, 9.17) is 11.6 Å². The van der Waals surface area contributed by atoms with Crippen molar-refractivity contribution >= 4 is 32.8 Å². The molecule has 0 unspecified atom stereocenters. The molecule has 0 aliphatic rings. The molecule has 6 heteroatoms. The molecule has 0 saturated heterocycles. The number of carbonyl (C=O) groups is 1. The van der Waals surface area contributed by atoms with Crippen molar-refractivity contribution in [1.29, 1.82) is 0 Å². The predicted molar refractivity (Wildman–Crippen MR) is 51.8 cm³/mol. The predicted octanol–water partition coefficient (Wildman–Crippen LogP) is 3.47. The van der Waals surface area contributed by atoms with Crippen molar-refractivity contribution in [2.75, 3.05) is 0 Å². The summed E-state index contributed by atoms with van der Waals surface area (Å²) >= 11 is 8.14. The standard InChI is InChI=1S/C8H5BrClF2NO/c1-3-4(8(11)12)2-5(9)6(13-3)7(10)14/h2,8H,1H3. The van der Waals surface area contributed by atoms with Gasteiger partial charge in [0.15, 0.2) is 0 Å². The van der Waals surface area contributed by atoms with Crippen LogP contribution in [0.2, 0.25) is 0 Å². The number of aromatic nitrogens is 1. The first-order chi connectivity index (χ1) is 6.43. The first-order valence-corrected chi connectivity index (χ1v) is 4.75. The lowest BCUT2D eigenvalue weighted by Gasteiger charge is -2.06. The van der Waals surface area contributed by atoms with Crippen LogP contribution in [0.25, 0.3) is 0 Å². The number of carbonyl (C=O) groups excluding carboxylic acids is 1. The van der Waals surface area contributed by atoms with Crippen molar-refractivity contribution in [2.24, 2.45) is 0 Å². The van der Waals surface area contributed by atoms with E-state index in [2.05, 4.69) is 20.9 Å². The molecule has 0 fully saturated rings. The molecule has 2 nitrogen and oxygen atoms in total. The minimum atomic E-state index is -2.61. The van der Waals surface area contributed by atoms with Gasteiger partial charge in [-0.25, -0.2) is 13.8 Å². The highest BCUT2D eigenvalue weighted by molar-refractivity contribution is 9.10. The molecule has 1 aromatic rings. The molecular formula is C8H5BrClF2NO. The minimum Gasteiger partial charge on any atom is -0.274 e. The van der Waals surface area contributed by atoms with Crippen molar-refractivity contribution in [2.45, 2.75) is 13.3 Å². The minimum absolute atomic E-state index is 0.0476. The Morgan fingerprint density at radius 3 is 2.64 bits per heavy atom. The zero-order chi connectivity index (χ0) is 10.9. The van der Waals surface area contributed by atoms with Crippen LogP contribution in [0.15, 0.2) is 10.5 Å². The van der Waals surface area contributed by atoms with Crippen molar-refractivity contribution < 1.29 is 13.6 Å². The van der Waals surface area contributed by atoms with Crippen molar-refractivity contribution in [3.8, 4) is 0 Å². The zero-order valence-corrected chi connectivity index (χ0v) is 9.36. The molecule has 0 saturated carbocycles. The van der Waals surface area contributed by atoms with Gasteiger partial charge in [0, 0.05) is 15.7 Å². The molecule has 1 rings (SSSR count). The van der Waals surface area contributed by atoms with E-state index in [1.807, 2.05) is 0 Å². The topological polar surface area (TPSA) is 30.0 Å². The third-order valence-electron chi connectivity index (χ3n) is 1.63. The maximum Gasteiger partial charge on any atom is 0.271 e. The van der Waals surface area contributed by atoms with E-state index < -0.39 is 11.7 Å². The third kappa shape index (κ3) is 2.27. The quantitative estimate of drug-likeness (QED) is 0.778. The van der Waals surface area contributed by atoms with Crippen molar-refractivity contribution in [3.63, 3.8) is 0 Å². The van der Waals surface area contributed by atoms with Gasteiger partial charge < -0.3 is 0 Å². The number of hydrogen-bond acceptors (Lipinski definition) is 2. The average molecular weight is 284 g/mol. The van der Waals surface area contributed by atoms with Gasteiger partial charge in [0.2, 0.25) is 0 Å². The molecule has 0 aromatic carbocycles. The molecule has 1 aromatic heterocycles. The normalized spacial score (nSPS) is 10.7. The second-order valence-corrected chi connectivity index (χ2v) is 3.77. The number of pyridine rings is 1. The molecule has 0 spiro atoms. The average Bonchev–Trinajstić information content (AvgIpc) is 2.07. The summed E-state index contributed by atoms with van der Waals surface area (Å²) in [4.78, 5) is 14.5. The molecule has 0 atom stereocenters. The van der Waals surface area contributed by atoms with Crippen molar-refractivity contribution in [3.05, 3.63) is 27.5 Å². The second-order valence-electron chi connectivity index (χ2n) is 2.57. The maximum atomic E-state index is 12.4. The monoisotopic (exact) mass is 283 g/mol. The summed E-state index contributed by atoms with van der Waals surface area (Å²) in [5, 5.41) is -0.777. The summed E-state index contributed by atoms with van der Waals surface area (Å²) in [6.07, 6.45) is -2.61. The lowest BCUT2D eigenvalue weighted by atomic mass is 10.2. The van der Waals surface area contributed by atoms with Gasteiger partial charge in [-0.15, -0.1) is 0 Å². The summed E-state index contributed by atoms with van der Waals surface area (Å²) in [5.41, 5.74) is -0.153. The SMILES string of the molecule is Cc1nc(C(=O)Cl)c(Br)cc1C(F)F. The van der Waals surface area contributed by atoms with Crippen LogP contribution in [0.4, 0.5) is 8.78 Å². The maximum absolute atomic E-state index is 12.4. The highest BCUT2D eigenvalue weighted by Crippen LogP contribution is 2.27. The number of rotatable bonds is 2. The zero-order valence-electron chi connectivity index (χ0n) is 7.02. The largest absolute Gasteiger partial charge is 0.274 e. The fourth-order valence-corrected chi connectivity index (χ4v) is 1.73. The van der Waals surface area contributed by atoms with E-state index >= 15 is 0 Å². The lowest BCUT2D eigenvalue weighted by Crippen LogP contribution is -2.02. The van der Waals surface area contributed by atoms with E-state index in [-0.39, 0.29) is 21.4 Å². The second kappa shape index (κ2) is 4.31. The van der Waals surface area contributed by atoms with Crippen LogP contribution in [0.3, 0.4) is 0 Å². The molecule has 0 aliphatic carbocycles.